The second-order valence-corrected chi connectivity index (χ2v) is 3.19. The van der Waals surface area contributed by atoms with Crippen LogP contribution in [-0.2, 0) is 4.79 Å². The van der Waals surface area contributed by atoms with E-state index in [1.54, 1.807) is 0 Å². The van der Waals surface area contributed by atoms with Crippen LogP contribution in [0.4, 0.5) is 4.39 Å². The smallest absolute Gasteiger partial charge is 0.335 e. The molecular formula is C8H5BrFNO2. The Labute approximate surface area is 82.0 Å². The zero-order chi connectivity index (χ0) is 10.0. The minimum atomic E-state index is -1.26. The summed E-state index contributed by atoms with van der Waals surface area (Å²) in [5.74, 6) is -2.10. The van der Waals surface area contributed by atoms with Gasteiger partial charge in [-0.25, -0.2) is 9.78 Å². The molecule has 0 amide bonds. The Morgan fingerprint density at radius 2 is 2.31 bits per heavy atom. The number of aromatic nitrogens is 1. The molecule has 3 nitrogen and oxygen atoms in total. The van der Waals surface area contributed by atoms with Crippen molar-refractivity contribution in [2.24, 2.45) is 0 Å². The second kappa shape index (κ2) is 3.66. The third-order valence-corrected chi connectivity index (χ3v) is 1.82. The summed E-state index contributed by atoms with van der Waals surface area (Å²) in [6.07, 6.45) is 1.24. The number of pyridine rings is 1. The number of rotatable bonds is 2. The number of halogens is 2. The van der Waals surface area contributed by atoms with Gasteiger partial charge in [0.2, 0.25) is 5.95 Å². The Kier molecular flexibility index (Phi) is 2.77. The van der Waals surface area contributed by atoms with Crippen molar-refractivity contribution >= 4 is 27.5 Å². The van der Waals surface area contributed by atoms with Gasteiger partial charge in [-0.05, 0) is 22.0 Å². The lowest BCUT2D eigenvalue weighted by Crippen LogP contribution is -2.01. The predicted octanol–water partition coefficient (Wildman–Crippen LogP) is 2.08. The first-order chi connectivity index (χ1) is 6.02. The van der Waals surface area contributed by atoms with Gasteiger partial charge in [0, 0.05) is 16.2 Å². The fourth-order valence-electron chi connectivity index (χ4n) is 0.749. The number of hydrogen-bond acceptors (Lipinski definition) is 2. The summed E-state index contributed by atoms with van der Waals surface area (Å²) in [4.78, 5) is 13.8. The molecule has 0 unspecified atom stereocenters. The van der Waals surface area contributed by atoms with Gasteiger partial charge < -0.3 is 5.11 Å². The molecule has 0 radical (unpaired) electrons. The number of carbonyl (C=O) groups is 1. The lowest BCUT2D eigenvalue weighted by molar-refractivity contribution is -0.130. The fourth-order valence-corrected chi connectivity index (χ4v) is 1.08. The fraction of sp³-hybridized carbons (Fsp3) is 0. The van der Waals surface area contributed by atoms with E-state index in [1.807, 2.05) is 0 Å². The monoisotopic (exact) mass is 245 g/mol. The molecule has 0 bridgehead atoms. The third-order valence-electron chi connectivity index (χ3n) is 1.39. The molecule has 68 valence electrons. The van der Waals surface area contributed by atoms with Gasteiger partial charge in [0.15, 0.2) is 0 Å². The van der Waals surface area contributed by atoms with Gasteiger partial charge in [-0.2, -0.15) is 4.39 Å². The van der Waals surface area contributed by atoms with Crippen LogP contribution in [0.5, 0.6) is 0 Å². The maximum absolute atomic E-state index is 12.9. The van der Waals surface area contributed by atoms with Gasteiger partial charge in [-0.15, -0.1) is 0 Å². The molecule has 0 aliphatic rings. The van der Waals surface area contributed by atoms with Crippen molar-refractivity contribution < 1.29 is 14.3 Å². The molecule has 1 heterocycles. The van der Waals surface area contributed by atoms with E-state index in [0.29, 0.717) is 4.47 Å². The average Bonchev–Trinajstić information content (AvgIpc) is 2.08. The Balaban J connectivity index is 3.21. The van der Waals surface area contributed by atoms with Crippen LogP contribution in [0.15, 0.2) is 23.3 Å². The largest absolute Gasteiger partial charge is 0.478 e. The number of carboxylic acids is 1. The minimum absolute atomic E-state index is 0.109. The van der Waals surface area contributed by atoms with Crippen LogP contribution in [-0.4, -0.2) is 16.1 Å². The van der Waals surface area contributed by atoms with Gasteiger partial charge in [0.05, 0.1) is 5.57 Å². The van der Waals surface area contributed by atoms with Crippen LogP contribution < -0.4 is 0 Å². The van der Waals surface area contributed by atoms with E-state index in [0.717, 1.165) is 0 Å². The van der Waals surface area contributed by atoms with Crippen LogP contribution >= 0.6 is 15.9 Å². The summed E-state index contributed by atoms with van der Waals surface area (Å²) < 4.78 is 13.4. The van der Waals surface area contributed by atoms with Crippen molar-refractivity contribution in [3.8, 4) is 0 Å². The molecule has 0 aliphatic carbocycles. The molecular weight excluding hydrogens is 241 g/mol. The summed E-state index contributed by atoms with van der Waals surface area (Å²) in [5.41, 5.74) is -0.423. The van der Waals surface area contributed by atoms with Crippen molar-refractivity contribution in [3.05, 3.63) is 34.8 Å². The summed E-state index contributed by atoms with van der Waals surface area (Å²) in [6, 6.07) is 1.32. The molecule has 5 heteroatoms. The molecule has 0 spiro atoms. The summed E-state index contributed by atoms with van der Waals surface area (Å²) >= 11 is 3.05. The lowest BCUT2D eigenvalue weighted by Gasteiger charge is -2.01. The number of aliphatic carboxylic acids is 1. The molecule has 0 saturated heterocycles. The molecule has 0 aromatic carbocycles. The van der Waals surface area contributed by atoms with Crippen molar-refractivity contribution in [1.82, 2.24) is 4.98 Å². The normalized spacial score (nSPS) is 9.69. The van der Waals surface area contributed by atoms with E-state index < -0.39 is 11.9 Å². The summed E-state index contributed by atoms with van der Waals surface area (Å²) in [6.45, 7) is 3.23. The third kappa shape index (κ3) is 2.12. The highest BCUT2D eigenvalue weighted by atomic mass is 79.9. The van der Waals surface area contributed by atoms with Gasteiger partial charge in [-0.3, -0.25) is 0 Å². The topological polar surface area (TPSA) is 50.2 Å². The zero-order valence-corrected chi connectivity index (χ0v) is 8.01. The quantitative estimate of drug-likeness (QED) is 0.642. The molecule has 1 rings (SSSR count). The van der Waals surface area contributed by atoms with Crippen LogP contribution in [0, 0.1) is 5.95 Å². The van der Waals surface area contributed by atoms with Crippen LogP contribution in [0.3, 0.4) is 0 Å². The molecule has 1 aromatic heterocycles. The van der Waals surface area contributed by atoms with Crippen LogP contribution in [0.2, 0.25) is 0 Å². The van der Waals surface area contributed by atoms with Gasteiger partial charge in [0.25, 0.3) is 0 Å². The van der Waals surface area contributed by atoms with E-state index in [2.05, 4.69) is 27.5 Å². The Hall–Kier alpha value is -1.23. The van der Waals surface area contributed by atoms with Crippen LogP contribution in [0.25, 0.3) is 5.57 Å². The van der Waals surface area contributed by atoms with Crippen molar-refractivity contribution in [1.29, 1.82) is 0 Å². The van der Waals surface area contributed by atoms with E-state index in [-0.39, 0.29) is 11.1 Å². The van der Waals surface area contributed by atoms with Gasteiger partial charge >= 0.3 is 5.97 Å². The Bertz CT molecular complexity index is 378. The first-order valence-electron chi connectivity index (χ1n) is 3.26. The minimum Gasteiger partial charge on any atom is -0.478 e. The first kappa shape index (κ1) is 9.85. The van der Waals surface area contributed by atoms with Gasteiger partial charge in [-0.1, -0.05) is 6.58 Å². The standard InChI is InChI=1S/C8H5BrFNO2/c1-4(8(12)13)6-2-5(9)3-11-7(6)10/h2-3H,1H2,(H,12,13). The molecule has 13 heavy (non-hydrogen) atoms. The molecule has 0 fully saturated rings. The maximum Gasteiger partial charge on any atom is 0.335 e. The Morgan fingerprint density at radius 3 is 2.85 bits per heavy atom. The van der Waals surface area contributed by atoms with Crippen molar-refractivity contribution in [2.45, 2.75) is 0 Å². The molecule has 0 atom stereocenters. The molecule has 0 saturated carbocycles. The Morgan fingerprint density at radius 1 is 1.69 bits per heavy atom. The lowest BCUT2D eigenvalue weighted by atomic mass is 10.1. The number of carboxylic acid groups (broad SMARTS) is 1. The van der Waals surface area contributed by atoms with Crippen molar-refractivity contribution in [2.75, 3.05) is 0 Å². The maximum atomic E-state index is 12.9. The zero-order valence-electron chi connectivity index (χ0n) is 6.42. The highest BCUT2D eigenvalue weighted by Gasteiger charge is 2.13. The SMILES string of the molecule is C=C(C(=O)O)c1cc(Br)cnc1F. The summed E-state index contributed by atoms with van der Waals surface area (Å²) in [5, 5.41) is 8.54. The predicted molar refractivity (Wildman–Crippen MR) is 48.6 cm³/mol. The second-order valence-electron chi connectivity index (χ2n) is 2.28. The summed E-state index contributed by atoms with van der Waals surface area (Å²) in [7, 11) is 0. The van der Waals surface area contributed by atoms with E-state index in [4.69, 9.17) is 5.11 Å². The number of hydrogen-bond donors (Lipinski definition) is 1. The van der Waals surface area contributed by atoms with E-state index in [1.165, 1.54) is 12.3 Å². The first-order valence-corrected chi connectivity index (χ1v) is 4.05. The average molecular weight is 246 g/mol. The number of nitrogens with zero attached hydrogens (tertiary/aromatic N) is 1. The molecule has 1 aromatic rings. The molecule has 0 aliphatic heterocycles. The van der Waals surface area contributed by atoms with Gasteiger partial charge in [0.1, 0.15) is 0 Å². The van der Waals surface area contributed by atoms with E-state index in [9.17, 15) is 9.18 Å². The molecule has 1 N–H and O–H groups in total. The highest BCUT2D eigenvalue weighted by Crippen LogP contribution is 2.19. The van der Waals surface area contributed by atoms with Crippen LogP contribution in [0.1, 0.15) is 5.56 Å². The van der Waals surface area contributed by atoms with E-state index >= 15 is 0 Å². The highest BCUT2D eigenvalue weighted by molar-refractivity contribution is 9.10. The van der Waals surface area contributed by atoms with Crippen molar-refractivity contribution in [3.63, 3.8) is 0 Å².